The van der Waals surface area contributed by atoms with Gasteiger partial charge < -0.3 is 13.9 Å². The van der Waals surface area contributed by atoms with E-state index in [1.807, 2.05) is 30.3 Å². The number of non-ortho nitro benzene ring substituents is 1. The molecule has 2 aromatic heterocycles. The van der Waals surface area contributed by atoms with Crippen LogP contribution < -0.4 is 24.4 Å². The van der Waals surface area contributed by atoms with Gasteiger partial charge in [0.1, 0.15) is 11.5 Å². The van der Waals surface area contributed by atoms with Crippen molar-refractivity contribution in [3.63, 3.8) is 0 Å². The Balaban J connectivity index is 1.39. The molecule has 1 aliphatic carbocycles. The molecule has 0 amide bonds. The van der Waals surface area contributed by atoms with Gasteiger partial charge in [0, 0.05) is 29.3 Å². The van der Waals surface area contributed by atoms with Gasteiger partial charge in [-0.2, -0.15) is 0 Å². The smallest absolute Gasteiger partial charge is 0.271 e. The maximum absolute atomic E-state index is 14.1. The van der Waals surface area contributed by atoms with Crippen LogP contribution in [0.5, 0.6) is 11.5 Å². The van der Waals surface area contributed by atoms with Crippen LogP contribution in [0.15, 0.2) is 98.6 Å². The van der Waals surface area contributed by atoms with Crippen LogP contribution in [0.4, 0.5) is 5.69 Å². The summed E-state index contributed by atoms with van der Waals surface area (Å²) in [6.07, 6.45) is 3.32. The van der Waals surface area contributed by atoms with Crippen LogP contribution in [0.1, 0.15) is 34.9 Å². The fraction of sp³-hybridized carbons (Fsp3) is 0.152. The first-order valence-electron chi connectivity index (χ1n) is 13.6. The molecule has 214 valence electrons. The van der Waals surface area contributed by atoms with Crippen LogP contribution in [-0.4, -0.2) is 23.7 Å². The van der Waals surface area contributed by atoms with Gasteiger partial charge in [-0.15, -0.1) is 0 Å². The van der Waals surface area contributed by atoms with E-state index in [4.69, 9.17) is 18.9 Å². The molecule has 3 heterocycles. The van der Waals surface area contributed by atoms with Crippen LogP contribution in [-0.2, 0) is 6.42 Å². The van der Waals surface area contributed by atoms with Crippen molar-refractivity contribution in [2.75, 3.05) is 14.2 Å². The Labute approximate surface area is 249 Å². The van der Waals surface area contributed by atoms with Crippen molar-refractivity contribution >= 4 is 28.8 Å². The Hall–Kier alpha value is -5.22. The van der Waals surface area contributed by atoms with Gasteiger partial charge in [-0.1, -0.05) is 53.8 Å². The molecule has 0 N–H and O–H groups in total. The summed E-state index contributed by atoms with van der Waals surface area (Å²) in [4.78, 5) is 30.5. The Bertz CT molecular complexity index is 2140. The first kappa shape index (κ1) is 26.7. The quantitative estimate of drug-likeness (QED) is 0.191. The summed E-state index contributed by atoms with van der Waals surface area (Å²) in [5.74, 6) is 2.13. The highest BCUT2D eigenvalue weighted by molar-refractivity contribution is 7.07. The number of fused-ring (bicyclic) bond motifs is 3. The van der Waals surface area contributed by atoms with Gasteiger partial charge in [0.25, 0.3) is 11.2 Å². The van der Waals surface area contributed by atoms with E-state index in [1.165, 1.54) is 29.0 Å². The zero-order chi connectivity index (χ0) is 29.7. The molecule has 0 radical (unpaired) electrons. The number of nitrogens with zero attached hydrogens (tertiary/aromatic N) is 3. The summed E-state index contributed by atoms with van der Waals surface area (Å²) in [6.45, 7) is 0. The third-order valence-corrected chi connectivity index (χ3v) is 8.82. The third kappa shape index (κ3) is 4.56. The second kappa shape index (κ2) is 10.6. The fourth-order valence-corrected chi connectivity index (χ4v) is 6.81. The molecule has 0 spiro atoms. The molecular formula is C33H25N3O6S. The molecule has 0 bridgehead atoms. The minimum absolute atomic E-state index is 0.0236. The number of allylic oxidation sites excluding steroid dienone is 1. The number of aryl methyl sites for hydroxylation is 1. The molecule has 0 unspecified atom stereocenters. The van der Waals surface area contributed by atoms with Crippen molar-refractivity contribution in [3.8, 4) is 22.8 Å². The molecular weight excluding hydrogens is 566 g/mol. The molecule has 2 aliphatic rings. The Morgan fingerprint density at radius 2 is 1.84 bits per heavy atom. The Morgan fingerprint density at radius 3 is 2.65 bits per heavy atom. The van der Waals surface area contributed by atoms with Gasteiger partial charge in [-0.05, 0) is 53.8 Å². The molecule has 1 atom stereocenters. The van der Waals surface area contributed by atoms with Crippen LogP contribution >= 0.6 is 11.3 Å². The molecule has 1 aliphatic heterocycles. The predicted molar refractivity (Wildman–Crippen MR) is 163 cm³/mol. The number of aromatic nitrogens is 1. The SMILES string of the molecule is COc1ccc([C@@H]2C3=C(N=c4s/c(=C/c5ccc(-c6cccc([N+](=O)[O-])c6)o5)c(=O)n42)c2ccccc2CC3)cc1OC. The molecule has 0 saturated carbocycles. The van der Waals surface area contributed by atoms with E-state index in [-0.39, 0.29) is 17.3 Å². The highest BCUT2D eigenvalue weighted by Gasteiger charge is 2.33. The van der Waals surface area contributed by atoms with Gasteiger partial charge in [0.05, 0.1) is 35.4 Å². The molecule has 0 saturated heterocycles. The Kier molecular flexibility index (Phi) is 6.55. The van der Waals surface area contributed by atoms with E-state index in [1.54, 1.807) is 49.1 Å². The molecule has 3 aromatic carbocycles. The lowest BCUT2D eigenvalue weighted by atomic mass is 9.83. The normalized spacial score (nSPS) is 15.8. The van der Waals surface area contributed by atoms with E-state index in [2.05, 4.69) is 12.1 Å². The monoisotopic (exact) mass is 591 g/mol. The van der Waals surface area contributed by atoms with Crippen molar-refractivity contribution in [3.05, 3.63) is 137 Å². The number of hydrogen-bond acceptors (Lipinski definition) is 8. The Morgan fingerprint density at radius 1 is 1.00 bits per heavy atom. The van der Waals surface area contributed by atoms with Gasteiger partial charge in [0.15, 0.2) is 16.3 Å². The maximum Gasteiger partial charge on any atom is 0.271 e. The number of furan rings is 1. The van der Waals surface area contributed by atoms with Gasteiger partial charge >= 0.3 is 0 Å². The lowest BCUT2D eigenvalue weighted by molar-refractivity contribution is -0.384. The molecule has 10 heteroatoms. The van der Waals surface area contributed by atoms with Crippen LogP contribution in [0.3, 0.4) is 0 Å². The number of methoxy groups -OCH3 is 2. The molecule has 7 rings (SSSR count). The topological polar surface area (TPSA) is 109 Å². The summed E-state index contributed by atoms with van der Waals surface area (Å²) >= 11 is 1.30. The zero-order valence-electron chi connectivity index (χ0n) is 23.3. The van der Waals surface area contributed by atoms with Gasteiger partial charge in [0.2, 0.25) is 0 Å². The number of ether oxygens (including phenoxy) is 2. The number of nitro groups is 1. The van der Waals surface area contributed by atoms with E-state index >= 15 is 0 Å². The molecule has 43 heavy (non-hydrogen) atoms. The predicted octanol–water partition coefficient (Wildman–Crippen LogP) is 5.50. The number of rotatable bonds is 6. The average molecular weight is 592 g/mol. The fourth-order valence-electron chi connectivity index (χ4n) is 5.83. The summed E-state index contributed by atoms with van der Waals surface area (Å²) < 4.78 is 19.3. The highest BCUT2D eigenvalue weighted by atomic mass is 32.1. The van der Waals surface area contributed by atoms with E-state index in [9.17, 15) is 14.9 Å². The first-order chi connectivity index (χ1) is 20.9. The summed E-state index contributed by atoms with van der Waals surface area (Å²) in [5.41, 5.74) is 5.58. The highest BCUT2D eigenvalue weighted by Crippen LogP contribution is 2.42. The summed E-state index contributed by atoms with van der Waals surface area (Å²) in [7, 11) is 3.19. The van der Waals surface area contributed by atoms with E-state index < -0.39 is 4.92 Å². The maximum atomic E-state index is 14.1. The van der Waals surface area contributed by atoms with Crippen LogP contribution in [0.25, 0.3) is 23.1 Å². The van der Waals surface area contributed by atoms with Crippen LogP contribution in [0, 0.1) is 10.1 Å². The number of nitro benzene ring substituents is 1. The van der Waals surface area contributed by atoms with Gasteiger partial charge in [-0.3, -0.25) is 19.5 Å². The minimum Gasteiger partial charge on any atom is -0.493 e. The molecule has 5 aromatic rings. The van der Waals surface area contributed by atoms with Crippen LogP contribution in [0.2, 0.25) is 0 Å². The number of benzene rings is 3. The summed E-state index contributed by atoms with van der Waals surface area (Å²) in [5, 5.41) is 11.2. The standard InChI is InChI=1S/C33H25N3O6S/c1-40-27-14-11-21(17-28(27)41-2)31-25-13-10-19-6-3-4-9-24(19)30(25)34-33-35(31)32(37)29(43-33)18-23-12-15-26(42-23)20-7-5-8-22(16-20)36(38)39/h3-9,11-12,14-18,31H,10,13H2,1-2H3/b29-18+/t31-/m1/s1. The van der Waals surface area contributed by atoms with Crippen molar-refractivity contribution in [1.82, 2.24) is 4.57 Å². The van der Waals surface area contributed by atoms with Crippen molar-refractivity contribution in [2.24, 2.45) is 4.99 Å². The van der Waals surface area contributed by atoms with Gasteiger partial charge in [-0.25, -0.2) is 4.99 Å². The third-order valence-electron chi connectivity index (χ3n) is 7.84. The minimum atomic E-state index is -0.444. The number of thiazole rings is 1. The molecule has 9 nitrogen and oxygen atoms in total. The zero-order valence-corrected chi connectivity index (χ0v) is 24.1. The first-order valence-corrected chi connectivity index (χ1v) is 14.5. The molecule has 0 fully saturated rings. The summed E-state index contributed by atoms with van der Waals surface area (Å²) in [6, 6.07) is 23.4. The second-order valence-electron chi connectivity index (χ2n) is 10.2. The second-order valence-corrected chi connectivity index (χ2v) is 11.2. The number of hydrogen-bond donors (Lipinski definition) is 0. The van der Waals surface area contributed by atoms with Crippen molar-refractivity contribution in [2.45, 2.75) is 18.9 Å². The van der Waals surface area contributed by atoms with Crippen molar-refractivity contribution in [1.29, 1.82) is 0 Å². The van der Waals surface area contributed by atoms with Crippen molar-refractivity contribution < 1.29 is 18.8 Å². The lowest BCUT2D eigenvalue weighted by Gasteiger charge is -2.31. The van der Waals surface area contributed by atoms with E-state index in [0.29, 0.717) is 37.9 Å². The van der Waals surface area contributed by atoms with E-state index in [0.717, 1.165) is 35.2 Å². The lowest BCUT2D eigenvalue weighted by Crippen LogP contribution is -2.38. The average Bonchev–Trinajstić information content (AvgIpc) is 3.63. The largest absolute Gasteiger partial charge is 0.493 e.